The summed E-state index contributed by atoms with van der Waals surface area (Å²) in [5.41, 5.74) is 8.83. The summed E-state index contributed by atoms with van der Waals surface area (Å²) in [4.78, 5) is 11.3. The Hall–Kier alpha value is -2.13. The van der Waals surface area contributed by atoms with Crippen molar-refractivity contribution in [2.45, 2.75) is 19.3 Å². The van der Waals surface area contributed by atoms with Gasteiger partial charge in [-0.15, -0.1) is 0 Å². The monoisotopic (exact) mass is 283 g/mol. The van der Waals surface area contributed by atoms with E-state index in [2.05, 4.69) is 12.1 Å². The van der Waals surface area contributed by atoms with Gasteiger partial charge in [0, 0.05) is 0 Å². The molecule has 3 heteroatoms. The van der Waals surface area contributed by atoms with Gasteiger partial charge in [0.2, 0.25) is 0 Å². The highest BCUT2D eigenvalue weighted by Crippen LogP contribution is 2.21. The number of aliphatic carboxylic acids is 1. The number of carboxylic acid groups (broad SMARTS) is 1. The van der Waals surface area contributed by atoms with Gasteiger partial charge in [0.1, 0.15) is 0 Å². The maximum atomic E-state index is 11.3. The molecule has 0 amide bonds. The number of hydrogen-bond donors (Lipinski definition) is 2. The van der Waals surface area contributed by atoms with E-state index in [1.165, 1.54) is 5.56 Å². The number of hydrogen-bond acceptors (Lipinski definition) is 2. The smallest absolute Gasteiger partial charge is 0.306 e. The summed E-state index contributed by atoms with van der Waals surface area (Å²) in [6, 6.07) is 18.3. The van der Waals surface area contributed by atoms with Crippen LogP contribution in [0.2, 0.25) is 0 Å². The second kappa shape index (κ2) is 7.60. The molecule has 0 fully saturated rings. The van der Waals surface area contributed by atoms with Crippen molar-refractivity contribution >= 4 is 5.97 Å². The Labute approximate surface area is 125 Å². The molecule has 110 valence electrons. The Bertz CT molecular complexity index is 564. The fourth-order valence-corrected chi connectivity index (χ4v) is 2.43. The Kier molecular flexibility index (Phi) is 5.52. The molecule has 2 aromatic rings. The summed E-state index contributed by atoms with van der Waals surface area (Å²) in [5.74, 6) is -1.09. The summed E-state index contributed by atoms with van der Waals surface area (Å²) in [6.45, 7) is 0.538. The van der Waals surface area contributed by atoms with E-state index in [4.69, 9.17) is 5.73 Å². The van der Waals surface area contributed by atoms with Gasteiger partial charge in [0.15, 0.2) is 0 Å². The van der Waals surface area contributed by atoms with Crippen LogP contribution in [0.25, 0.3) is 11.1 Å². The molecule has 21 heavy (non-hydrogen) atoms. The van der Waals surface area contributed by atoms with Gasteiger partial charge in [-0.3, -0.25) is 4.79 Å². The Morgan fingerprint density at radius 1 is 1.00 bits per heavy atom. The molecular weight excluding hydrogens is 262 g/mol. The molecule has 0 aliphatic rings. The van der Waals surface area contributed by atoms with Crippen LogP contribution in [0.3, 0.4) is 0 Å². The van der Waals surface area contributed by atoms with Crippen molar-refractivity contribution in [1.29, 1.82) is 0 Å². The van der Waals surface area contributed by atoms with Crippen LogP contribution in [-0.4, -0.2) is 17.6 Å². The van der Waals surface area contributed by atoms with Crippen molar-refractivity contribution in [2.24, 2.45) is 11.7 Å². The summed E-state index contributed by atoms with van der Waals surface area (Å²) in [6.07, 6.45) is 1.94. The van der Waals surface area contributed by atoms with E-state index >= 15 is 0 Å². The van der Waals surface area contributed by atoms with Crippen LogP contribution in [-0.2, 0) is 11.2 Å². The number of nitrogens with two attached hydrogens (primary N) is 1. The topological polar surface area (TPSA) is 63.3 Å². The third-order valence-electron chi connectivity index (χ3n) is 3.65. The zero-order valence-electron chi connectivity index (χ0n) is 12.0. The third-order valence-corrected chi connectivity index (χ3v) is 3.65. The number of carboxylic acids is 1. The van der Waals surface area contributed by atoms with Crippen molar-refractivity contribution in [3.63, 3.8) is 0 Å². The summed E-state index contributed by atoms with van der Waals surface area (Å²) >= 11 is 0. The van der Waals surface area contributed by atoms with Gasteiger partial charge in [-0.1, -0.05) is 54.6 Å². The zero-order valence-corrected chi connectivity index (χ0v) is 12.0. The van der Waals surface area contributed by atoms with Crippen LogP contribution in [0, 0.1) is 5.92 Å². The SMILES string of the molecule is NCCCC(Cc1ccc(-c2ccccc2)cc1)C(=O)O. The first-order valence-corrected chi connectivity index (χ1v) is 7.28. The van der Waals surface area contributed by atoms with Crippen molar-refractivity contribution in [3.05, 3.63) is 60.2 Å². The van der Waals surface area contributed by atoms with Gasteiger partial charge >= 0.3 is 5.97 Å². The molecule has 0 aromatic heterocycles. The molecule has 0 aliphatic carbocycles. The molecular formula is C18H21NO2. The van der Waals surface area contributed by atoms with E-state index in [0.29, 0.717) is 19.4 Å². The molecule has 0 heterocycles. The molecule has 3 nitrogen and oxygen atoms in total. The minimum absolute atomic E-state index is 0.351. The number of carbonyl (C=O) groups is 1. The molecule has 1 unspecified atom stereocenters. The summed E-state index contributed by atoms with van der Waals surface area (Å²) in [7, 11) is 0. The maximum absolute atomic E-state index is 11.3. The number of rotatable bonds is 7. The average molecular weight is 283 g/mol. The molecule has 0 spiro atoms. The fourth-order valence-electron chi connectivity index (χ4n) is 2.43. The molecule has 1 atom stereocenters. The normalized spacial score (nSPS) is 12.0. The second-order valence-corrected chi connectivity index (χ2v) is 5.23. The van der Waals surface area contributed by atoms with E-state index in [-0.39, 0.29) is 5.92 Å². The van der Waals surface area contributed by atoms with E-state index in [1.54, 1.807) is 0 Å². The van der Waals surface area contributed by atoms with Crippen molar-refractivity contribution in [2.75, 3.05) is 6.54 Å². The predicted octanol–water partition coefficient (Wildman–Crippen LogP) is 3.34. The molecule has 0 saturated heterocycles. The first-order chi connectivity index (χ1) is 10.2. The van der Waals surface area contributed by atoms with Gasteiger partial charge in [-0.05, 0) is 42.5 Å². The lowest BCUT2D eigenvalue weighted by molar-refractivity contribution is -0.141. The summed E-state index contributed by atoms with van der Waals surface area (Å²) < 4.78 is 0. The minimum Gasteiger partial charge on any atom is -0.481 e. The van der Waals surface area contributed by atoms with Crippen molar-refractivity contribution < 1.29 is 9.90 Å². The van der Waals surface area contributed by atoms with Crippen LogP contribution < -0.4 is 5.73 Å². The Morgan fingerprint density at radius 3 is 2.19 bits per heavy atom. The van der Waals surface area contributed by atoms with Gasteiger partial charge in [0.05, 0.1) is 5.92 Å². The lowest BCUT2D eigenvalue weighted by atomic mass is 9.93. The van der Waals surface area contributed by atoms with Gasteiger partial charge in [-0.25, -0.2) is 0 Å². The van der Waals surface area contributed by atoms with E-state index in [1.807, 2.05) is 42.5 Å². The first-order valence-electron chi connectivity index (χ1n) is 7.28. The Balaban J connectivity index is 2.06. The van der Waals surface area contributed by atoms with Gasteiger partial charge in [-0.2, -0.15) is 0 Å². The third kappa shape index (κ3) is 4.43. The lowest BCUT2D eigenvalue weighted by Crippen LogP contribution is -2.17. The molecule has 0 saturated carbocycles. The largest absolute Gasteiger partial charge is 0.481 e. The molecule has 0 aliphatic heterocycles. The van der Waals surface area contributed by atoms with Crippen molar-refractivity contribution in [3.8, 4) is 11.1 Å². The van der Waals surface area contributed by atoms with Gasteiger partial charge in [0.25, 0.3) is 0 Å². The van der Waals surface area contributed by atoms with Crippen LogP contribution in [0.15, 0.2) is 54.6 Å². The molecule has 0 bridgehead atoms. The maximum Gasteiger partial charge on any atom is 0.306 e. The van der Waals surface area contributed by atoms with Crippen LogP contribution in [0.1, 0.15) is 18.4 Å². The van der Waals surface area contributed by atoms with E-state index in [0.717, 1.165) is 17.5 Å². The highest BCUT2D eigenvalue weighted by Gasteiger charge is 2.17. The van der Waals surface area contributed by atoms with E-state index in [9.17, 15) is 9.90 Å². The average Bonchev–Trinajstić information content (AvgIpc) is 2.52. The lowest BCUT2D eigenvalue weighted by Gasteiger charge is -2.12. The first kappa shape index (κ1) is 15.3. The molecule has 2 rings (SSSR count). The standard InChI is InChI=1S/C18H21NO2/c19-12-4-7-17(18(20)21)13-14-8-10-16(11-9-14)15-5-2-1-3-6-15/h1-3,5-6,8-11,17H,4,7,12-13,19H2,(H,20,21). The van der Waals surface area contributed by atoms with Crippen molar-refractivity contribution in [1.82, 2.24) is 0 Å². The van der Waals surface area contributed by atoms with E-state index < -0.39 is 5.97 Å². The fraction of sp³-hybridized carbons (Fsp3) is 0.278. The molecule has 3 N–H and O–H groups in total. The van der Waals surface area contributed by atoms with Crippen LogP contribution in [0.5, 0.6) is 0 Å². The molecule has 0 radical (unpaired) electrons. The zero-order chi connectivity index (χ0) is 15.1. The van der Waals surface area contributed by atoms with Crippen LogP contribution >= 0.6 is 0 Å². The quantitative estimate of drug-likeness (QED) is 0.819. The summed E-state index contributed by atoms with van der Waals surface area (Å²) in [5, 5.41) is 9.25. The van der Waals surface area contributed by atoms with Gasteiger partial charge < -0.3 is 10.8 Å². The number of benzene rings is 2. The molecule has 2 aromatic carbocycles. The highest BCUT2D eigenvalue weighted by atomic mass is 16.4. The highest BCUT2D eigenvalue weighted by molar-refractivity contribution is 5.70. The van der Waals surface area contributed by atoms with Crippen LogP contribution in [0.4, 0.5) is 0 Å². The minimum atomic E-state index is -0.740. The second-order valence-electron chi connectivity index (χ2n) is 5.23. The Morgan fingerprint density at radius 2 is 1.62 bits per heavy atom. The predicted molar refractivity (Wildman–Crippen MR) is 85.0 cm³/mol.